The fourth-order valence-corrected chi connectivity index (χ4v) is 3.10. The molecule has 0 aromatic rings. The lowest BCUT2D eigenvalue weighted by atomic mass is 10.2. The second-order valence-electron chi connectivity index (χ2n) is 3.34. The van der Waals surface area contributed by atoms with Crippen LogP contribution in [-0.4, -0.2) is 41.7 Å². The van der Waals surface area contributed by atoms with Crippen molar-refractivity contribution in [1.29, 1.82) is 0 Å². The summed E-state index contributed by atoms with van der Waals surface area (Å²) < 4.78 is 15.5. The van der Waals surface area contributed by atoms with Gasteiger partial charge in [-0.15, -0.1) is 0 Å². The van der Waals surface area contributed by atoms with Crippen LogP contribution < -0.4 is 0 Å². The summed E-state index contributed by atoms with van der Waals surface area (Å²) in [5, 5.41) is 0. The fourth-order valence-electron chi connectivity index (χ4n) is 1.29. The van der Waals surface area contributed by atoms with Gasteiger partial charge < -0.3 is 14.2 Å². The molecule has 0 saturated heterocycles. The third-order valence-electron chi connectivity index (χ3n) is 2.14. The smallest absolute Gasteiger partial charge is 0.308 e. The first-order valence-electron chi connectivity index (χ1n) is 5.46. The molecule has 0 rings (SSSR count). The first-order chi connectivity index (χ1) is 7.15. The zero-order valence-corrected chi connectivity index (χ0v) is 11.5. The highest BCUT2D eigenvalue weighted by atomic mass is 28.2. The van der Waals surface area contributed by atoms with Crippen molar-refractivity contribution in [1.82, 2.24) is 0 Å². The molecule has 15 heavy (non-hydrogen) atoms. The number of carbonyl (C=O) groups excluding carboxylic acids is 1. The van der Waals surface area contributed by atoms with Crippen LogP contribution in [0.1, 0.15) is 20.8 Å². The number of esters is 1. The van der Waals surface area contributed by atoms with Crippen LogP contribution in [0.4, 0.5) is 0 Å². The van der Waals surface area contributed by atoms with E-state index >= 15 is 0 Å². The van der Waals surface area contributed by atoms with Crippen molar-refractivity contribution < 1.29 is 19.0 Å². The molecule has 0 radical (unpaired) electrons. The summed E-state index contributed by atoms with van der Waals surface area (Å²) in [6, 6.07) is 0.858. The molecule has 4 nitrogen and oxygen atoms in total. The molecule has 0 saturated carbocycles. The van der Waals surface area contributed by atoms with E-state index in [2.05, 4.69) is 4.74 Å². The van der Waals surface area contributed by atoms with Crippen LogP contribution >= 0.6 is 0 Å². The Hall–Kier alpha value is -0.393. The maximum Gasteiger partial charge on any atom is 0.308 e. The Bertz CT molecular complexity index is 169. The molecule has 0 aliphatic heterocycles. The number of carbonyl (C=O) groups is 1. The van der Waals surface area contributed by atoms with Crippen molar-refractivity contribution >= 4 is 15.5 Å². The second-order valence-corrected chi connectivity index (χ2v) is 5.16. The maximum absolute atomic E-state index is 11.2. The molecule has 0 aromatic carbocycles. The van der Waals surface area contributed by atoms with Crippen molar-refractivity contribution in [2.45, 2.75) is 32.7 Å². The van der Waals surface area contributed by atoms with Gasteiger partial charge in [-0.2, -0.15) is 0 Å². The third kappa shape index (κ3) is 6.65. The average molecular weight is 234 g/mol. The first-order valence-corrected chi connectivity index (χ1v) is 7.28. The summed E-state index contributed by atoms with van der Waals surface area (Å²) in [5.41, 5.74) is 0. The zero-order chi connectivity index (χ0) is 11.7. The molecule has 0 aliphatic carbocycles. The standard InChI is InChI=1S/C10H22O4Si/c1-5-13-10(14-6-2)15-7-8(3)9(11)12-4/h8,10H,5-7,15H2,1-4H3. The highest BCUT2D eigenvalue weighted by Crippen LogP contribution is 2.07. The van der Waals surface area contributed by atoms with Gasteiger partial charge >= 0.3 is 5.97 Å². The molecular formula is C10H22O4Si. The lowest BCUT2D eigenvalue weighted by molar-refractivity contribution is -0.144. The molecule has 1 unspecified atom stereocenters. The number of ether oxygens (including phenoxy) is 3. The molecule has 0 aromatic heterocycles. The van der Waals surface area contributed by atoms with E-state index in [-0.39, 0.29) is 17.8 Å². The minimum atomic E-state index is -0.542. The highest BCUT2D eigenvalue weighted by molar-refractivity contribution is 6.37. The van der Waals surface area contributed by atoms with E-state index in [1.165, 1.54) is 7.11 Å². The van der Waals surface area contributed by atoms with Gasteiger partial charge in [0.2, 0.25) is 0 Å². The van der Waals surface area contributed by atoms with Crippen LogP contribution in [0.2, 0.25) is 6.04 Å². The van der Waals surface area contributed by atoms with Gasteiger partial charge in [-0.3, -0.25) is 4.79 Å². The van der Waals surface area contributed by atoms with Crippen LogP contribution in [0, 0.1) is 5.92 Å². The molecule has 0 fully saturated rings. The number of methoxy groups -OCH3 is 1. The molecular weight excluding hydrogens is 212 g/mol. The number of hydrogen-bond acceptors (Lipinski definition) is 4. The predicted molar refractivity (Wildman–Crippen MR) is 61.6 cm³/mol. The van der Waals surface area contributed by atoms with Gasteiger partial charge in [-0.1, -0.05) is 6.92 Å². The van der Waals surface area contributed by atoms with Crippen LogP contribution in [0.15, 0.2) is 0 Å². The van der Waals surface area contributed by atoms with Gasteiger partial charge in [-0.05, 0) is 19.9 Å². The van der Waals surface area contributed by atoms with Crippen LogP contribution in [0.3, 0.4) is 0 Å². The maximum atomic E-state index is 11.2. The summed E-state index contributed by atoms with van der Waals surface area (Å²) in [5.74, 6) is -0.244. The van der Waals surface area contributed by atoms with Gasteiger partial charge in [0.15, 0.2) is 0 Å². The molecule has 5 heteroatoms. The van der Waals surface area contributed by atoms with Crippen LogP contribution in [0.25, 0.3) is 0 Å². The van der Waals surface area contributed by atoms with Gasteiger partial charge in [0.05, 0.1) is 22.5 Å². The predicted octanol–water partition coefficient (Wildman–Crippen LogP) is 0.739. The summed E-state index contributed by atoms with van der Waals surface area (Å²) in [6.07, 6.45) is 0. The van der Waals surface area contributed by atoms with Crippen LogP contribution in [0.5, 0.6) is 0 Å². The van der Waals surface area contributed by atoms with Gasteiger partial charge in [0.25, 0.3) is 0 Å². The van der Waals surface area contributed by atoms with Gasteiger partial charge in [0, 0.05) is 13.2 Å². The molecule has 0 aliphatic rings. The van der Waals surface area contributed by atoms with E-state index in [9.17, 15) is 4.79 Å². The Morgan fingerprint density at radius 1 is 1.27 bits per heavy atom. The van der Waals surface area contributed by atoms with E-state index in [0.717, 1.165) is 6.04 Å². The highest BCUT2D eigenvalue weighted by Gasteiger charge is 2.17. The van der Waals surface area contributed by atoms with E-state index in [4.69, 9.17) is 9.47 Å². The summed E-state index contributed by atoms with van der Waals surface area (Å²) in [7, 11) is 0.878. The lowest BCUT2D eigenvalue weighted by Gasteiger charge is -2.17. The fraction of sp³-hybridized carbons (Fsp3) is 0.900. The summed E-state index contributed by atoms with van der Waals surface area (Å²) in [4.78, 5) is 11.2. The van der Waals surface area contributed by atoms with E-state index in [1.807, 2.05) is 20.8 Å². The number of rotatable bonds is 8. The van der Waals surface area contributed by atoms with E-state index in [0.29, 0.717) is 13.2 Å². The monoisotopic (exact) mass is 234 g/mol. The molecule has 1 atom stereocenters. The van der Waals surface area contributed by atoms with Crippen molar-refractivity contribution in [3.63, 3.8) is 0 Å². The normalized spacial score (nSPS) is 13.7. The second kappa shape index (κ2) is 8.88. The van der Waals surface area contributed by atoms with Gasteiger partial charge in [-0.25, -0.2) is 0 Å². The van der Waals surface area contributed by atoms with Crippen molar-refractivity contribution in [3.05, 3.63) is 0 Å². The largest absolute Gasteiger partial charge is 0.469 e. The molecule has 0 N–H and O–H groups in total. The molecule has 0 bridgehead atoms. The zero-order valence-electron chi connectivity index (χ0n) is 10.1. The summed E-state index contributed by atoms with van der Waals surface area (Å²) >= 11 is 0. The molecule has 0 spiro atoms. The van der Waals surface area contributed by atoms with E-state index in [1.54, 1.807) is 0 Å². The quantitative estimate of drug-likeness (QED) is 0.353. The molecule has 0 amide bonds. The Morgan fingerprint density at radius 3 is 2.20 bits per heavy atom. The average Bonchev–Trinajstić information content (AvgIpc) is 2.25. The number of hydrogen-bond donors (Lipinski definition) is 0. The Balaban J connectivity index is 3.81. The Kier molecular flexibility index (Phi) is 8.65. The van der Waals surface area contributed by atoms with Gasteiger partial charge in [0.1, 0.15) is 5.91 Å². The minimum Gasteiger partial charge on any atom is -0.469 e. The summed E-state index contributed by atoms with van der Waals surface area (Å²) in [6.45, 7) is 7.09. The van der Waals surface area contributed by atoms with Crippen molar-refractivity contribution in [2.75, 3.05) is 20.3 Å². The van der Waals surface area contributed by atoms with E-state index < -0.39 is 9.52 Å². The van der Waals surface area contributed by atoms with Crippen molar-refractivity contribution in [2.24, 2.45) is 5.92 Å². The Labute approximate surface area is 94.1 Å². The van der Waals surface area contributed by atoms with Crippen LogP contribution in [-0.2, 0) is 19.0 Å². The first kappa shape index (κ1) is 14.6. The molecule has 0 heterocycles. The topological polar surface area (TPSA) is 44.8 Å². The SMILES string of the molecule is CCOC(OCC)[SiH2]CC(C)C(=O)OC. The Morgan fingerprint density at radius 2 is 1.80 bits per heavy atom. The third-order valence-corrected chi connectivity index (χ3v) is 4.29. The van der Waals surface area contributed by atoms with Crippen molar-refractivity contribution in [3.8, 4) is 0 Å². The minimum absolute atomic E-state index is 0.0370. The lowest BCUT2D eigenvalue weighted by Crippen LogP contribution is -2.27. The molecule has 90 valence electrons.